The molecule has 0 spiro atoms. The SMILES string of the molecule is CC(C)CC1CN(C(=O)C#Cc2ccc(F)cc2F)C(CC(C)C)C(=O)N1. The maximum atomic E-state index is 13.7. The van der Waals surface area contributed by atoms with Gasteiger partial charge in [-0.2, -0.15) is 0 Å². The average molecular weight is 376 g/mol. The summed E-state index contributed by atoms with van der Waals surface area (Å²) < 4.78 is 26.7. The minimum atomic E-state index is -0.817. The number of carbonyl (C=O) groups is 2. The highest BCUT2D eigenvalue weighted by molar-refractivity contribution is 5.98. The predicted molar refractivity (Wildman–Crippen MR) is 99.6 cm³/mol. The second kappa shape index (κ2) is 8.98. The lowest BCUT2D eigenvalue weighted by atomic mass is 9.95. The molecule has 1 aromatic carbocycles. The van der Waals surface area contributed by atoms with Crippen molar-refractivity contribution < 1.29 is 18.4 Å². The molecule has 146 valence electrons. The molecule has 1 fully saturated rings. The third-order valence-electron chi connectivity index (χ3n) is 4.39. The van der Waals surface area contributed by atoms with Crippen molar-refractivity contribution in [2.75, 3.05) is 6.54 Å². The zero-order valence-electron chi connectivity index (χ0n) is 16.2. The molecule has 0 bridgehead atoms. The van der Waals surface area contributed by atoms with Crippen LogP contribution in [0.15, 0.2) is 18.2 Å². The number of halogens is 2. The van der Waals surface area contributed by atoms with Crippen LogP contribution in [-0.2, 0) is 9.59 Å². The monoisotopic (exact) mass is 376 g/mol. The molecular formula is C21H26F2N2O2. The van der Waals surface area contributed by atoms with Gasteiger partial charge in [0.1, 0.15) is 17.7 Å². The van der Waals surface area contributed by atoms with Gasteiger partial charge in [0.2, 0.25) is 5.91 Å². The van der Waals surface area contributed by atoms with E-state index in [1.807, 2.05) is 13.8 Å². The summed E-state index contributed by atoms with van der Waals surface area (Å²) in [6.07, 6.45) is 1.28. The van der Waals surface area contributed by atoms with E-state index in [2.05, 4.69) is 31.0 Å². The molecule has 2 atom stereocenters. The molecule has 0 saturated carbocycles. The van der Waals surface area contributed by atoms with E-state index in [4.69, 9.17) is 0 Å². The van der Waals surface area contributed by atoms with Crippen molar-refractivity contribution in [3.63, 3.8) is 0 Å². The fourth-order valence-electron chi connectivity index (χ4n) is 3.24. The van der Waals surface area contributed by atoms with Crippen LogP contribution in [0.4, 0.5) is 8.78 Å². The van der Waals surface area contributed by atoms with E-state index in [1.54, 1.807) is 0 Å². The molecule has 1 aliphatic rings. The van der Waals surface area contributed by atoms with Crippen molar-refractivity contribution in [1.29, 1.82) is 0 Å². The first-order valence-corrected chi connectivity index (χ1v) is 9.25. The van der Waals surface area contributed by atoms with Gasteiger partial charge >= 0.3 is 0 Å². The van der Waals surface area contributed by atoms with Crippen molar-refractivity contribution in [1.82, 2.24) is 10.2 Å². The molecule has 1 N–H and O–H groups in total. The van der Waals surface area contributed by atoms with Gasteiger partial charge in [-0.25, -0.2) is 8.78 Å². The van der Waals surface area contributed by atoms with E-state index in [0.29, 0.717) is 18.9 Å². The van der Waals surface area contributed by atoms with E-state index in [9.17, 15) is 18.4 Å². The fourth-order valence-corrected chi connectivity index (χ4v) is 3.24. The molecule has 1 saturated heterocycles. The summed E-state index contributed by atoms with van der Waals surface area (Å²) in [4.78, 5) is 26.7. The Morgan fingerprint density at radius 3 is 2.48 bits per heavy atom. The number of hydrogen-bond acceptors (Lipinski definition) is 2. The van der Waals surface area contributed by atoms with E-state index in [-0.39, 0.29) is 23.4 Å². The van der Waals surface area contributed by atoms with Gasteiger partial charge in [-0.3, -0.25) is 9.59 Å². The number of nitrogens with zero attached hydrogens (tertiary/aromatic N) is 1. The standard InChI is InChI=1S/C21H26F2N2O2/c1-13(2)9-17-12-25(19(10-14(3)4)21(27)24-17)20(26)8-6-15-5-7-16(22)11-18(15)23/h5,7,11,13-14,17,19H,9-10,12H2,1-4H3,(H,24,27). The number of amides is 2. The zero-order valence-corrected chi connectivity index (χ0v) is 16.2. The Hall–Kier alpha value is -2.42. The first-order chi connectivity index (χ1) is 12.7. The zero-order chi connectivity index (χ0) is 20.1. The molecular weight excluding hydrogens is 350 g/mol. The highest BCUT2D eigenvalue weighted by Gasteiger charge is 2.37. The molecule has 0 aromatic heterocycles. The Morgan fingerprint density at radius 1 is 1.22 bits per heavy atom. The van der Waals surface area contributed by atoms with Crippen molar-refractivity contribution in [3.05, 3.63) is 35.4 Å². The minimum absolute atomic E-state index is 0.0506. The number of hydrogen-bond donors (Lipinski definition) is 1. The molecule has 27 heavy (non-hydrogen) atoms. The van der Waals surface area contributed by atoms with E-state index >= 15 is 0 Å². The Morgan fingerprint density at radius 2 is 1.89 bits per heavy atom. The van der Waals surface area contributed by atoms with Crippen molar-refractivity contribution in [2.24, 2.45) is 11.8 Å². The van der Waals surface area contributed by atoms with Crippen molar-refractivity contribution in [3.8, 4) is 11.8 Å². The Labute approximate surface area is 159 Å². The maximum absolute atomic E-state index is 13.7. The van der Waals surface area contributed by atoms with Crippen LogP contribution >= 0.6 is 0 Å². The highest BCUT2D eigenvalue weighted by atomic mass is 19.1. The predicted octanol–water partition coefficient (Wildman–Crippen LogP) is 3.10. The van der Waals surface area contributed by atoms with Gasteiger partial charge in [-0.15, -0.1) is 0 Å². The van der Waals surface area contributed by atoms with Crippen LogP contribution in [0, 0.1) is 35.3 Å². The first-order valence-electron chi connectivity index (χ1n) is 9.25. The first kappa shape index (κ1) is 20.9. The molecule has 0 radical (unpaired) electrons. The smallest absolute Gasteiger partial charge is 0.299 e. The molecule has 1 aliphatic heterocycles. The van der Waals surface area contributed by atoms with Crippen LogP contribution < -0.4 is 5.32 Å². The van der Waals surface area contributed by atoms with Gasteiger partial charge < -0.3 is 10.2 Å². The van der Waals surface area contributed by atoms with E-state index in [1.165, 1.54) is 11.0 Å². The van der Waals surface area contributed by atoms with Crippen molar-refractivity contribution in [2.45, 2.75) is 52.6 Å². The third-order valence-corrected chi connectivity index (χ3v) is 4.39. The molecule has 1 aromatic rings. The van der Waals surface area contributed by atoms with Crippen LogP contribution in [0.1, 0.15) is 46.1 Å². The second-order valence-corrected chi connectivity index (χ2v) is 7.81. The topological polar surface area (TPSA) is 49.4 Å². The van der Waals surface area contributed by atoms with Gasteiger partial charge in [-0.1, -0.05) is 33.6 Å². The molecule has 2 unspecified atom stereocenters. The quantitative estimate of drug-likeness (QED) is 0.821. The number of nitrogens with one attached hydrogen (secondary N) is 1. The van der Waals surface area contributed by atoms with Gasteiger partial charge in [0.05, 0.1) is 5.56 Å². The summed E-state index contributed by atoms with van der Waals surface area (Å²) in [7, 11) is 0. The number of rotatable bonds is 4. The van der Waals surface area contributed by atoms with Crippen LogP contribution in [0.3, 0.4) is 0 Å². The fraction of sp³-hybridized carbons (Fsp3) is 0.524. The number of piperazine rings is 1. The summed E-state index contributed by atoms with van der Waals surface area (Å²) in [5.41, 5.74) is -0.0506. The molecule has 2 amide bonds. The molecule has 0 aliphatic carbocycles. The Kier molecular flexibility index (Phi) is 6.95. The third kappa shape index (κ3) is 5.78. The second-order valence-electron chi connectivity index (χ2n) is 7.81. The number of carbonyl (C=O) groups excluding carboxylic acids is 2. The summed E-state index contributed by atoms with van der Waals surface area (Å²) in [5.74, 6) is 3.26. The van der Waals surface area contributed by atoms with Gasteiger partial charge in [0.25, 0.3) is 5.91 Å². The molecule has 1 heterocycles. The average Bonchev–Trinajstić information content (AvgIpc) is 2.55. The number of benzene rings is 1. The highest BCUT2D eigenvalue weighted by Crippen LogP contribution is 2.19. The lowest BCUT2D eigenvalue weighted by Crippen LogP contribution is -2.61. The normalized spacial score (nSPS) is 19.7. The van der Waals surface area contributed by atoms with Crippen LogP contribution in [-0.4, -0.2) is 35.3 Å². The lowest BCUT2D eigenvalue weighted by molar-refractivity contribution is -0.142. The largest absolute Gasteiger partial charge is 0.350 e. The maximum Gasteiger partial charge on any atom is 0.299 e. The lowest BCUT2D eigenvalue weighted by Gasteiger charge is -2.39. The molecule has 2 rings (SSSR count). The van der Waals surface area contributed by atoms with Crippen LogP contribution in [0.2, 0.25) is 0 Å². The van der Waals surface area contributed by atoms with Gasteiger partial charge in [0, 0.05) is 24.6 Å². The van der Waals surface area contributed by atoms with Gasteiger partial charge in [-0.05, 0) is 36.8 Å². The van der Waals surface area contributed by atoms with Crippen LogP contribution in [0.25, 0.3) is 0 Å². The van der Waals surface area contributed by atoms with Crippen LogP contribution in [0.5, 0.6) is 0 Å². The Balaban J connectivity index is 2.24. The van der Waals surface area contributed by atoms with E-state index in [0.717, 1.165) is 18.6 Å². The summed E-state index contributed by atoms with van der Waals surface area (Å²) in [6.45, 7) is 8.44. The summed E-state index contributed by atoms with van der Waals surface area (Å²) in [6, 6.07) is 2.29. The minimum Gasteiger partial charge on any atom is -0.350 e. The molecule has 6 heteroatoms. The van der Waals surface area contributed by atoms with E-state index < -0.39 is 23.6 Å². The Bertz CT molecular complexity index is 765. The van der Waals surface area contributed by atoms with Crippen molar-refractivity contribution >= 4 is 11.8 Å². The summed E-state index contributed by atoms with van der Waals surface area (Å²) >= 11 is 0. The van der Waals surface area contributed by atoms with Gasteiger partial charge in [0.15, 0.2) is 0 Å². The summed E-state index contributed by atoms with van der Waals surface area (Å²) in [5, 5.41) is 2.99. The molecule has 4 nitrogen and oxygen atoms in total.